The third-order valence-corrected chi connectivity index (χ3v) is 2.13. The average Bonchev–Trinajstić information content (AvgIpc) is 2.15. The lowest BCUT2D eigenvalue weighted by atomic mass is 9.97. The number of aliphatic hydroxyl groups is 1. The lowest BCUT2D eigenvalue weighted by molar-refractivity contribution is -0.195. The molecule has 14 heavy (non-hydrogen) atoms. The van der Waals surface area contributed by atoms with Gasteiger partial charge in [0, 0.05) is 0 Å². The third-order valence-electron chi connectivity index (χ3n) is 2.13. The summed E-state index contributed by atoms with van der Waals surface area (Å²) in [6.45, 7) is 0.970. The fourth-order valence-electron chi connectivity index (χ4n) is 1.12. The zero-order chi connectivity index (χ0) is 10.8. The standard InChI is InChI=1S/C10H11F3O/c1-7(10(11,12)13)9(14)8-5-3-2-4-6-8/h2-7,9,14H,1H3/t7-,9-/m1/s1. The van der Waals surface area contributed by atoms with Crippen molar-refractivity contribution in [1.82, 2.24) is 0 Å². The largest absolute Gasteiger partial charge is 0.394 e. The second-order valence-corrected chi connectivity index (χ2v) is 3.19. The minimum Gasteiger partial charge on any atom is -0.388 e. The van der Waals surface area contributed by atoms with Crippen molar-refractivity contribution in [2.45, 2.75) is 19.2 Å². The summed E-state index contributed by atoms with van der Waals surface area (Å²) in [5.74, 6) is -1.75. The number of hydrogen-bond acceptors (Lipinski definition) is 1. The van der Waals surface area contributed by atoms with Gasteiger partial charge in [-0.3, -0.25) is 0 Å². The van der Waals surface area contributed by atoms with E-state index in [1.54, 1.807) is 18.2 Å². The summed E-state index contributed by atoms with van der Waals surface area (Å²) in [4.78, 5) is 0. The monoisotopic (exact) mass is 204 g/mol. The van der Waals surface area contributed by atoms with Crippen molar-refractivity contribution in [2.75, 3.05) is 0 Å². The third kappa shape index (κ3) is 2.48. The zero-order valence-corrected chi connectivity index (χ0v) is 7.62. The summed E-state index contributed by atoms with van der Waals surface area (Å²) in [5.41, 5.74) is 0.289. The van der Waals surface area contributed by atoms with Gasteiger partial charge in [0.25, 0.3) is 0 Å². The molecule has 0 heterocycles. The lowest BCUT2D eigenvalue weighted by Crippen LogP contribution is -2.26. The highest BCUT2D eigenvalue weighted by Gasteiger charge is 2.41. The Balaban J connectivity index is 2.81. The number of hydrogen-bond donors (Lipinski definition) is 1. The first kappa shape index (κ1) is 11.0. The lowest BCUT2D eigenvalue weighted by Gasteiger charge is -2.21. The van der Waals surface area contributed by atoms with Gasteiger partial charge in [-0.25, -0.2) is 0 Å². The van der Waals surface area contributed by atoms with Crippen LogP contribution in [0.15, 0.2) is 30.3 Å². The van der Waals surface area contributed by atoms with Crippen LogP contribution in [0.3, 0.4) is 0 Å². The molecule has 0 bridgehead atoms. The maximum Gasteiger partial charge on any atom is 0.394 e. The van der Waals surface area contributed by atoms with Gasteiger partial charge in [-0.1, -0.05) is 37.3 Å². The van der Waals surface area contributed by atoms with Gasteiger partial charge in [-0.2, -0.15) is 13.2 Å². The predicted molar refractivity (Wildman–Crippen MR) is 46.6 cm³/mol. The summed E-state index contributed by atoms with van der Waals surface area (Å²) in [6, 6.07) is 7.84. The second kappa shape index (κ2) is 4.00. The maximum atomic E-state index is 12.2. The van der Waals surface area contributed by atoms with Crippen LogP contribution in [0.5, 0.6) is 0 Å². The highest BCUT2D eigenvalue weighted by atomic mass is 19.4. The first-order valence-electron chi connectivity index (χ1n) is 4.22. The van der Waals surface area contributed by atoms with E-state index in [4.69, 9.17) is 0 Å². The molecule has 0 aliphatic carbocycles. The molecule has 1 aromatic carbocycles. The topological polar surface area (TPSA) is 20.2 Å². The molecule has 0 unspecified atom stereocenters. The number of aliphatic hydroxyl groups excluding tert-OH is 1. The van der Waals surface area contributed by atoms with Gasteiger partial charge < -0.3 is 5.11 Å². The Morgan fingerprint density at radius 2 is 1.64 bits per heavy atom. The Kier molecular flexibility index (Phi) is 3.16. The molecule has 0 saturated heterocycles. The van der Waals surface area contributed by atoms with Gasteiger partial charge in [-0.05, 0) is 5.56 Å². The summed E-state index contributed by atoms with van der Waals surface area (Å²) in [6.07, 6.45) is -5.86. The molecule has 2 atom stereocenters. The molecule has 0 fully saturated rings. The van der Waals surface area contributed by atoms with E-state index in [1.807, 2.05) is 0 Å². The average molecular weight is 204 g/mol. The fraction of sp³-hybridized carbons (Fsp3) is 0.400. The van der Waals surface area contributed by atoms with Crippen LogP contribution in [0.2, 0.25) is 0 Å². The fourth-order valence-corrected chi connectivity index (χ4v) is 1.12. The van der Waals surface area contributed by atoms with Crippen LogP contribution in [0, 0.1) is 5.92 Å². The molecule has 4 heteroatoms. The van der Waals surface area contributed by atoms with Crippen LogP contribution in [-0.2, 0) is 0 Å². The van der Waals surface area contributed by atoms with E-state index < -0.39 is 18.2 Å². The van der Waals surface area contributed by atoms with E-state index in [-0.39, 0.29) is 5.56 Å². The van der Waals surface area contributed by atoms with Crippen molar-refractivity contribution in [2.24, 2.45) is 5.92 Å². The molecule has 0 saturated carbocycles. The Morgan fingerprint density at radius 1 is 1.14 bits per heavy atom. The first-order chi connectivity index (χ1) is 6.43. The van der Waals surface area contributed by atoms with Crippen molar-refractivity contribution in [1.29, 1.82) is 0 Å². The van der Waals surface area contributed by atoms with E-state index in [0.29, 0.717) is 0 Å². The van der Waals surface area contributed by atoms with Gasteiger partial charge in [0.15, 0.2) is 0 Å². The zero-order valence-electron chi connectivity index (χ0n) is 7.62. The Hall–Kier alpha value is -1.03. The van der Waals surface area contributed by atoms with Crippen LogP contribution < -0.4 is 0 Å². The minimum atomic E-state index is -4.37. The molecule has 0 radical (unpaired) electrons. The number of benzene rings is 1. The van der Waals surface area contributed by atoms with Crippen molar-refractivity contribution in [3.8, 4) is 0 Å². The molecule has 1 rings (SSSR count). The quantitative estimate of drug-likeness (QED) is 0.785. The minimum absolute atomic E-state index is 0.289. The summed E-state index contributed by atoms with van der Waals surface area (Å²) < 4.78 is 36.7. The molecule has 1 nitrogen and oxygen atoms in total. The van der Waals surface area contributed by atoms with E-state index in [9.17, 15) is 18.3 Å². The molecular formula is C10H11F3O. The van der Waals surface area contributed by atoms with Crippen molar-refractivity contribution in [3.63, 3.8) is 0 Å². The van der Waals surface area contributed by atoms with Crippen LogP contribution >= 0.6 is 0 Å². The number of halogens is 3. The van der Waals surface area contributed by atoms with E-state index in [2.05, 4.69) is 0 Å². The van der Waals surface area contributed by atoms with Gasteiger partial charge >= 0.3 is 6.18 Å². The van der Waals surface area contributed by atoms with Gasteiger partial charge in [0.05, 0.1) is 12.0 Å². The second-order valence-electron chi connectivity index (χ2n) is 3.19. The SMILES string of the molecule is C[C@H]([C@@H](O)c1ccccc1)C(F)(F)F. The number of rotatable bonds is 2. The van der Waals surface area contributed by atoms with Crippen LogP contribution in [-0.4, -0.2) is 11.3 Å². The summed E-state index contributed by atoms with van der Waals surface area (Å²) in [5, 5.41) is 9.40. The molecule has 0 amide bonds. The van der Waals surface area contributed by atoms with Crippen LogP contribution in [0.25, 0.3) is 0 Å². The Bertz CT molecular complexity index is 281. The molecule has 0 aliphatic rings. The van der Waals surface area contributed by atoms with Gasteiger partial charge in [-0.15, -0.1) is 0 Å². The van der Waals surface area contributed by atoms with E-state index in [1.165, 1.54) is 12.1 Å². The summed E-state index contributed by atoms with van der Waals surface area (Å²) in [7, 11) is 0. The van der Waals surface area contributed by atoms with Gasteiger partial charge in [0.2, 0.25) is 0 Å². The highest BCUT2D eigenvalue weighted by molar-refractivity contribution is 5.18. The molecule has 0 aliphatic heterocycles. The van der Waals surface area contributed by atoms with Crippen molar-refractivity contribution < 1.29 is 18.3 Å². The highest BCUT2D eigenvalue weighted by Crippen LogP contribution is 2.35. The van der Waals surface area contributed by atoms with Crippen LogP contribution in [0.1, 0.15) is 18.6 Å². The normalized spacial score (nSPS) is 16.4. The number of alkyl halides is 3. The van der Waals surface area contributed by atoms with Crippen molar-refractivity contribution in [3.05, 3.63) is 35.9 Å². The maximum absolute atomic E-state index is 12.2. The molecular weight excluding hydrogens is 193 g/mol. The molecule has 1 aromatic rings. The molecule has 1 N–H and O–H groups in total. The predicted octanol–water partition coefficient (Wildman–Crippen LogP) is 2.92. The molecule has 0 aromatic heterocycles. The Labute approximate surface area is 80.2 Å². The van der Waals surface area contributed by atoms with E-state index >= 15 is 0 Å². The van der Waals surface area contributed by atoms with Crippen molar-refractivity contribution >= 4 is 0 Å². The summed E-state index contributed by atoms with van der Waals surface area (Å²) >= 11 is 0. The smallest absolute Gasteiger partial charge is 0.388 e. The molecule has 0 spiro atoms. The van der Waals surface area contributed by atoms with E-state index in [0.717, 1.165) is 6.92 Å². The first-order valence-corrected chi connectivity index (χ1v) is 4.22. The van der Waals surface area contributed by atoms with Gasteiger partial charge in [0.1, 0.15) is 0 Å². The molecule has 78 valence electrons. The Morgan fingerprint density at radius 3 is 2.07 bits per heavy atom. The van der Waals surface area contributed by atoms with Crippen LogP contribution in [0.4, 0.5) is 13.2 Å².